The van der Waals surface area contributed by atoms with Gasteiger partial charge in [-0.15, -0.1) is 0 Å². The molecule has 0 radical (unpaired) electrons. The molecule has 0 aliphatic heterocycles. The van der Waals surface area contributed by atoms with E-state index in [2.05, 4.69) is 60.9 Å². The molecule has 66 heavy (non-hydrogen) atoms. The summed E-state index contributed by atoms with van der Waals surface area (Å²) in [6.07, 6.45) is 26.0. The molecule has 0 saturated heterocycles. The van der Waals surface area contributed by atoms with Crippen LogP contribution in [-0.4, -0.2) is 114 Å². The Bertz CT molecular complexity index is 1570. The maximum absolute atomic E-state index is 13.0. The van der Waals surface area contributed by atoms with Gasteiger partial charge in [0, 0.05) is 12.8 Å². The van der Waals surface area contributed by atoms with Crippen molar-refractivity contribution in [1.82, 2.24) is 0 Å². The number of phosphoric ester groups is 2. The van der Waals surface area contributed by atoms with Crippen LogP contribution in [0.2, 0.25) is 0 Å². The summed E-state index contributed by atoms with van der Waals surface area (Å²) in [7, 11) is -10.7. The minimum absolute atomic E-state index is 0.000864. The second-order valence-electron chi connectivity index (χ2n) is 16.3. The molecule has 380 valence electrons. The molecule has 1 saturated carbocycles. The van der Waals surface area contributed by atoms with Crippen LogP contribution in [0.3, 0.4) is 0 Å². The van der Waals surface area contributed by atoms with E-state index in [1.165, 1.54) is 32.1 Å². The Balaban J connectivity index is 2.68. The summed E-state index contributed by atoms with van der Waals surface area (Å²) in [6.45, 7) is 2.73. The molecular formula is C47H80O17P2. The lowest BCUT2D eigenvalue weighted by Gasteiger charge is -2.43. The predicted molar refractivity (Wildman–Crippen MR) is 252 cm³/mol. The van der Waals surface area contributed by atoms with Gasteiger partial charge in [-0.3, -0.25) is 23.2 Å². The van der Waals surface area contributed by atoms with Crippen LogP contribution < -0.4 is 0 Å². The molecule has 0 aromatic rings. The molecular weight excluding hydrogens is 898 g/mol. The maximum Gasteiger partial charge on any atom is 0.472 e. The fourth-order valence-electron chi connectivity index (χ4n) is 6.76. The number of phosphoric acid groups is 2. The normalized spacial score (nSPS) is 22.6. The summed E-state index contributed by atoms with van der Waals surface area (Å²) in [5, 5.41) is 51.5. The molecule has 17 nitrogen and oxygen atoms in total. The number of esters is 2. The first-order chi connectivity index (χ1) is 31.5. The van der Waals surface area contributed by atoms with Crippen molar-refractivity contribution in [2.45, 2.75) is 198 Å². The number of hydrogen-bond acceptors (Lipinski definition) is 14. The first-order valence-corrected chi connectivity index (χ1v) is 26.6. The summed E-state index contributed by atoms with van der Waals surface area (Å²) in [4.78, 5) is 54.3. The molecule has 9 atom stereocenters. The highest BCUT2D eigenvalue weighted by molar-refractivity contribution is 7.47. The molecule has 19 heteroatoms. The average molecular weight is 979 g/mol. The summed E-state index contributed by atoms with van der Waals surface area (Å²) in [6, 6.07) is 0. The molecule has 0 heterocycles. The molecule has 1 aliphatic carbocycles. The van der Waals surface area contributed by atoms with Gasteiger partial charge in [-0.1, -0.05) is 145 Å². The molecule has 0 amide bonds. The summed E-state index contributed by atoms with van der Waals surface area (Å²) in [5.41, 5.74) is 0. The van der Waals surface area contributed by atoms with Gasteiger partial charge >= 0.3 is 27.6 Å². The van der Waals surface area contributed by atoms with E-state index >= 15 is 0 Å². The molecule has 1 rings (SSSR count). The maximum atomic E-state index is 13.0. The van der Waals surface area contributed by atoms with Crippen molar-refractivity contribution < 1.29 is 82.0 Å². The largest absolute Gasteiger partial charge is 0.472 e. The van der Waals surface area contributed by atoms with E-state index in [1.54, 1.807) is 12.2 Å². The number of rotatable bonds is 38. The topological polar surface area (TPSA) is 276 Å². The Morgan fingerprint density at radius 2 is 1.06 bits per heavy atom. The monoisotopic (exact) mass is 978 g/mol. The van der Waals surface area contributed by atoms with Crippen molar-refractivity contribution in [2.24, 2.45) is 0 Å². The van der Waals surface area contributed by atoms with Crippen molar-refractivity contribution in [3.8, 4) is 0 Å². The number of carbonyl (C=O) groups is 2. The first kappa shape index (κ1) is 61.4. The Kier molecular flexibility index (Phi) is 34.7. The van der Waals surface area contributed by atoms with Crippen LogP contribution in [0.5, 0.6) is 0 Å². The zero-order valence-corrected chi connectivity index (χ0v) is 40.7. The van der Waals surface area contributed by atoms with E-state index in [0.29, 0.717) is 6.42 Å². The van der Waals surface area contributed by atoms with Crippen LogP contribution in [0, 0.1) is 0 Å². The minimum Gasteiger partial charge on any atom is -0.462 e. The third-order valence-corrected chi connectivity index (χ3v) is 11.9. The van der Waals surface area contributed by atoms with Crippen molar-refractivity contribution in [3.63, 3.8) is 0 Å². The van der Waals surface area contributed by atoms with Crippen molar-refractivity contribution in [3.05, 3.63) is 72.9 Å². The van der Waals surface area contributed by atoms with Gasteiger partial charge in [0.25, 0.3) is 0 Å². The molecule has 1 fully saturated rings. The predicted octanol–water partition coefficient (Wildman–Crippen LogP) is 7.81. The summed E-state index contributed by atoms with van der Waals surface area (Å²) >= 11 is 0. The van der Waals surface area contributed by atoms with Crippen molar-refractivity contribution in [1.29, 1.82) is 0 Å². The third kappa shape index (κ3) is 31.4. The molecule has 0 bridgehead atoms. The van der Waals surface area contributed by atoms with Crippen LogP contribution in [0.4, 0.5) is 0 Å². The smallest absolute Gasteiger partial charge is 0.462 e. The highest BCUT2D eigenvalue weighted by Crippen LogP contribution is 2.49. The SMILES string of the molecule is CC/C=C\C/C=C\C/C=C\C/C=C\C=C\C(O)CCCC(=O)OC[C@H](COP(=O)(O)O[C@H]1C(O)C(O)C(O)[C@@H](OP(=O)(O)O)C1O)OC(=O)CCCCCCCCCCCCC/C=C\CC. The summed E-state index contributed by atoms with van der Waals surface area (Å²) < 4.78 is 49.2. The van der Waals surface area contributed by atoms with Gasteiger partial charge in [-0.25, -0.2) is 9.13 Å². The third-order valence-electron chi connectivity index (χ3n) is 10.4. The molecule has 8 N–H and O–H groups in total. The van der Waals surface area contributed by atoms with Gasteiger partial charge in [-0.2, -0.15) is 0 Å². The lowest BCUT2D eigenvalue weighted by atomic mass is 9.85. The van der Waals surface area contributed by atoms with Gasteiger partial charge in [0.05, 0.1) is 12.7 Å². The Morgan fingerprint density at radius 3 is 1.64 bits per heavy atom. The molecule has 0 aromatic carbocycles. The number of aliphatic hydroxyl groups is 5. The standard InChI is InChI=1S/C47H80O17P2/c1-3-5-7-9-11-13-15-17-18-20-22-24-26-28-30-34-41(50)62-39(37-61-66(58,59)64-47-44(53)42(51)43(52)46(45(47)54)63-65(55,56)57)36-60-40(49)35-31-33-38(48)32-29-27-25-23-21-19-16-14-12-10-8-6-4-2/h5-8,12,14,19,21,25,27,29,32,38-39,42-48,51-54H,3-4,9-11,13,15-18,20,22-24,26,28,30-31,33-37H2,1-2H3,(H,58,59)(H2,55,56,57)/b7-5-,8-6-,14-12-,21-19-,27-25-,32-29+/t38?,39-,42?,43?,44?,45?,46-,47+/m1/s1. The zero-order chi connectivity index (χ0) is 49.1. The van der Waals surface area contributed by atoms with E-state index in [1.807, 2.05) is 18.2 Å². The zero-order valence-electron chi connectivity index (χ0n) is 39.0. The Labute approximate surface area is 392 Å². The molecule has 1 aliphatic rings. The number of ether oxygens (including phenoxy) is 2. The lowest BCUT2D eigenvalue weighted by Crippen LogP contribution is -2.64. The van der Waals surface area contributed by atoms with E-state index < -0.39 is 89.6 Å². The quantitative estimate of drug-likeness (QED) is 0.00963. The van der Waals surface area contributed by atoms with Gasteiger partial charge < -0.3 is 49.7 Å². The van der Waals surface area contributed by atoms with Gasteiger partial charge in [0.2, 0.25) is 0 Å². The number of aliphatic hydroxyl groups excluding tert-OH is 5. The number of unbranched alkanes of at least 4 members (excludes halogenated alkanes) is 11. The highest BCUT2D eigenvalue weighted by atomic mass is 31.2. The first-order valence-electron chi connectivity index (χ1n) is 23.6. The van der Waals surface area contributed by atoms with Crippen LogP contribution in [0.1, 0.15) is 149 Å². The fourth-order valence-corrected chi connectivity index (χ4v) is 8.30. The van der Waals surface area contributed by atoms with E-state index in [0.717, 1.165) is 70.6 Å². The number of carbonyl (C=O) groups excluding carboxylic acids is 2. The average Bonchev–Trinajstić information content (AvgIpc) is 3.26. The molecule has 6 unspecified atom stereocenters. The van der Waals surface area contributed by atoms with Gasteiger partial charge in [-0.05, 0) is 64.2 Å². The number of allylic oxidation sites excluding steroid dienone is 11. The van der Waals surface area contributed by atoms with E-state index in [4.69, 9.17) is 18.5 Å². The highest BCUT2D eigenvalue weighted by Gasteiger charge is 2.54. The van der Waals surface area contributed by atoms with Crippen LogP contribution in [0.25, 0.3) is 0 Å². The Morgan fingerprint density at radius 1 is 0.561 bits per heavy atom. The molecule has 0 aromatic heterocycles. The van der Waals surface area contributed by atoms with Crippen LogP contribution in [0.15, 0.2) is 72.9 Å². The fraction of sp³-hybridized carbons (Fsp3) is 0.702. The Hall–Kier alpha value is -2.60. The molecule has 0 spiro atoms. The van der Waals surface area contributed by atoms with Gasteiger partial charge in [0.1, 0.15) is 43.2 Å². The second kappa shape index (κ2) is 37.3. The minimum atomic E-state index is -5.39. The van der Waals surface area contributed by atoms with Gasteiger partial charge in [0.15, 0.2) is 6.10 Å². The van der Waals surface area contributed by atoms with Crippen LogP contribution >= 0.6 is 15.6 Å². The van der Waals surface area contributed by atoms with Crippen molar-refractivity contribution in [2.75, 3.05) is 13.2 Å². The van der Waals surface area contributed by atoms with Crippen molar-refractivity contribution >= 4 is 27.6 Å². The number of hydrogen-bond donors (Lipinski definition) is 8. The summed E-state index contributed by atoms with van der Waals surface area (Å²) in [5.74, 6) is -1.42. The van der Waals surface area contributed by atoms with E-state index in [9.17, 15) is 58.9 Å². The second-order valence-corrected chi connectivity index (χ2v) is 18.9. The van der Waals surface area contributed by atoms with E-state index in [-0.39, 0.29) is 25.7 Å². The lowest BCUT2D eigenvalue weighted by molar-refractivity contribution is -0.216. The van der Waals surface area contributed by atoms with Crippen LogP contribution in [-0.2, 0) is 41.8 Å².